The predicted octanol–water partition coefficient (Wildman–Crippen LogP) is 2.71. The number of hydrogen-bond acceptors (Lipinski definition) is 5. The van der Waals surface area contributed by atoms with Gasteiger partial charge < -0.3 is 9.63 Å². The molecule has 5 nitrogen and oxygen atoms in total. The molecule has 2 saturated carbocycles. The van der Waals surface area contributed by atoms with E-state index in [-0.39, 0.29) is 6.10 Å². The summed E-state index contributed by atoms with van der Waals surface area (Å²) >= 11 is 0. The molecule has 0 saturated heterocycles. The lowest BCUT2D eigenvalue weighted by Gasteiger charge is -2.21. The smallest absolute Gasteiger partial charge is 0.229 e. The van der Waals surface area contributed by atoms with Crippen LogP contribution in [0, 0.1) is 5.92 Å². The fraction of sp³-hybridized carbons (Fsp3) is 0.875. The summed E-state index contributed by atoms with van der Waals surface area (Å²) in [5.41, 5.74) is 0. The molecule has 2 unspecified atom stereocenters. The van der Waals surface area contributed by atoms with Crippen LogP contribution in [0.2, 0.25) is 0 Å². The maximum Gasteiger partial charge on any atom is 0.229 e. The fourth-order valence-electron chi connectivity index (χ4n) is 3.78. The molecule has 0 radical (unpaired) electrons. The Morgan fingerprint density at radius 1 is 1.14 bits per heavy atom. The van der Waals surface area contributed by atoms with E-state index >= 15 is 0 Å². The Labute approximate surface area is 126 Å². The molecular formula is C16H27N3O2. The Morgan fingerprint density at radius 2 is 1.95 bits per heavy atom. The number of aliphatic hydroxyl groups is 1. The van der Waals surface area contributed by atoms with Gasteiger partial charge in [0, 0.05) is 12.5 Å². The highest BCUT2D eigenvalue weighted by molar-refractivity contribution is 4.95. The van der Waals surface area contributed by atoms with Gasteiger partial charge in [0.25, 0.3) is 0 Å². The molecule has 2 atom stereocenters. The summed E-state index contributed by atoms with van der Waals surface area (Å²) < 4.78 is 5.46. The van der Waals surface area contributed by atoms with E-state index in [0.717, 1.165) is 37.5 Å². The van der Waals surface area contributed by atoms with E-state index in [0.29, 0.717) is 18.4 Å². The van der Waals surface area contributed by atoms with Crippen molar-refractivity contribution in [1.82, 2.24) is 15.0 Å². The summed E-state index contributed by atoms with van der Waals surface area (Å²) in [4.78, 5) is 6.79. The maximum absolute atomic E-state index is 9.90. The van der Waals surface area contributed by atoms with Crippen LogP contribution in [0.25, 0.3) is 0 Å². The molecule has 1 aromatic rings. The number of nitrogens with zero attached hydrogens (tertiary/aromatic N) is 3. The molecule has 0 aliphatic heterocycles. The minimum atomic E-state index is -0.129. The summed E-state index contributed by atoms with van der Waals surface area (Å²) in [7, 11) is 2.07. The van der Waals surface area contributed by atoms with E-state index in [4.69, 9.17) is 4.52 Å². The molecule has 118 valence electrons. The van der Waals surface area contributed by atoms with Gasteiger partial charge in [-0.1, -0.05) is 30.8 Å². The van der Waals surface area contributed by atoms with Crippen molar-refractivity contribution in [3.8, 4) is 0 Å². The third-order valence-corrected chi connectivity index (χ3v) is 5.01. The summed E-state index contributed by atoms with van der Waals surface area (Å²) in [5, 5.41) is 14.0. The van der Waals surface area contributed by atoms with E-state index in [1.54, 1.807) is 0 Å². The number of aromatic nitrogens is 2. The van der Waals surface area contributed by atoms with Crippen molar-refractivity contribution in [2.24, 2.45) is 5.92 Å². The molecular weight excluding hydrogens is 266 g/mol. The van der Waals surface area contributed by atoms with Crippen LogP contribution in [-0.2, 0) is 6.54 Å². The maximum atomic E-state index is 9.90. The highest BCUT2D eigenvalue weighted by Gasteiger charge is 2.27. The molecule has 2 fully saturated rings. The second-order valence-electron chi connectivity index (χ2n) is 6.84. The van der Waals surface area contributed by atoms with E-state index in [1.807, 2.05) is 0 Å². The summed E-state index contributed by atoms with van der Waals surface area (Å²) in [6, 6.07) is 0. The molecule has 1 aromatic heterocycles. The molecule has 2 aliphatic carbocycles. The highest BCUT2D eigenvalue weighted by Crippen LogP contribution is 2.31. The van der Waals surface area contributed by atoms with Gasteiger partial charge in [-0.2, -0.15) is 4.98 Å². The predicted molar refractivity (Wildman–Crippen MR) is 79.8 cm³/mol. The Bertz CT molecular complexity index is 442. The Morgan fingerprint density at radius 3 is 2.67 bits per heavy atom. The van der Waals surface area contributed by atoms with Gasteiger partial charge in [-0.05, 0) is 38.6 Å². The average Bonchev–Trinajstić information content (AvgIpc) is 3.10. The van der Waals surface area contributed by atoms with Gasteiger partial charge >= 0.3 is 0 Å². The van der Waals surface area contributed by atoms with Crippen LogP contribution < -0.4 is 0 Å². The fourth-order valence-corrected chi connectivity index (χ4v) is 3.78. The standard InChI is InChI=1S/C16H27N3O2/c1-19(10-13-8-5-9-14(13)20)11-15-17-16(21-18-15)12-6-3-2-4-7-12/h12-14,20H,2-11H2,1H3. The van der Waals surface area contributed by atoms with E-state index in [9.17, 15) is 5.11 Å². The zero-order valence-corrected chi connectivity index (χ0v) is 13.0. The molecule has 0 aromatic carbocycles. The lowest BCUT2D eigenvalue weighted by Crippen LogP contribution is -2.29. The molecule has 0 amide bonds. The van der Waals surface area contributed by atoms with Crippen LogP contribution in [-0.4, -0.2) is 39.8 Å². The van der Waals surface area contributed by atoms with Crippen molar-refractivity contribution in [3.63, 3.8) is 0 Å². The van der Waals surface area contributed by atoms with E-state index in [2.05, 4.69) is 22.1 Å². The first-order valence-corrected chi connectivity index (χ1v) is 8.41. The molecule has 5 heteroatoms. The topological polar surface area (TPSA) is 62.4 Å². The van der Waals surface area contributed by atoms with Crippen LogP contribution >= 0.6 is 0 Å². The quantitative estimate of drug-likeness (QED) is 0.904. The first kappa shape index (κ1) is 15.0. The third kappa shape index (κ3) is 3.83. The van der Waals surface area contributed by atoms with Crippen LogP contribution in [0.1, 0.15) is 69.0 Å². The minimum absolute atomic E-state index is 0.129. The van der Waals surface area contributed by atoms with Gasteiger partial charge in [-0.25, -0.2) is 0 Å². The first-order valence-electron chi connectivity index (χ1n) is 8.41. The van der Waals surface area contributed by atoms with Crippen LogP contribution in [0.4, 0.5) is 0 Å². The number of rotatable bonds is 5. The van der Waals surface area contributed by atoms with Crippen LogP contribution in [0.15, 0.2) is 4.52 Å². The van der Waals surface area contributed by atoms with Crippen molar-refractivity contribution < 1.29 is 9.63 Å². The molecule has 2 aliphatic rings. The summed E-state index contributed by atoms with van der Waals surface area (Å²) in [5.74, 6) is 2.49. The Balaban J connectivity index is 1.51. The molecule has 3 rings (SSSR count). The van der Waals surface area contributed by atoms with Crippen molar-refractivity contribution in [1.29, 1.82) is 0 Å². The monoisotopic (exact) mass is 293 g/mol. The van der Waals surface area contributed by atoms with Gasteiger partial charge in [0.15, 0.2) is 5.82 Å². The van der Waals surface area contributed by atoms with Crippen molar-refractivity contribution in [2.75, 3.05) is 13.6 Å². The second-order valence-corrected chi connectivity index (χ2v) is 6.84. The normalized spacial score (nSPS) is 27.6. The molecule has 21 heavy (non-hydrogen) atoms. The largest absolute Gasteiger partial charge is 0.393 e. The van der Waals surface area contributed by atoms with Gasteiger partial charge in [-0.3, -0.25) is 4.90 Å². The third-order valence-electron chi connectivity index (χ3n) is 5.01. The Hall–Kier alpha value is -0.940. The minimum Gasteiger partial charge on any atom is -0.393 e. The Kier molecular flexibility index (Phi) is 4.91. The SMILES string of the molecule is CN(Cc1noc(C2CCCCC2)n1)CC1CCCC1O. The molecule has 1 N–H and O–H groups in total. The first-order chi connectivity index (χ1) is 10.2. The second kappa shape index (κ2) is 6.88. The molecule has 0 bridgehead atoms. The molecule has 0 spiro atoms. The summed E-state index contributed by atoms with van der Waals surface area (Å²) in [6.07, 6.45) is 9.37. The van der Waals surface area contributed by atoms with Crippen molar-refractivity contribution in [2.45, 2.75) is 69.9 Å². The molecule has 1 heterocycles. The van der Waals surface area contributed by atoms with Gasteiger partial charge in [0.05, 0.1) is 12.6 Å². The van der Waals surface area contributed by atoms with E-state index < -0.39 is 0 Å². The van der Waals surface area contributed by atoms with Crippen molar-refractivity contribution >= 4 is 0 Å². The lowest BCUT2D eigenvalue weighted by molar-refractivity contribution is 0.107. The zero-order chi connectivity index (χ0) is 14.7. The number of aliphatic hydroxyl groups excluding tert-OH is 1. The van der Waals surface area contributed by atoms with Crippen molar-refractivity contribution in [3.05, 3.63) is 11.7 Å². The van der Waals surface area contributed by atoms with Crippen LogP contribution in [0.3, 0.4) is 0 Å². The average molecular weight is 293 g/mol. The zero-order valence-electron chi connectivity index (χ0n) is 13.0. The van der Waals surface area contributed by atoms with Crippen LogP contribution in [0.5, 0.6) is 0 Å². The summed E-state index contributed by atoms with van der Waals surface area (Å²) in [6.45, 7) is 1.62. The number of hydrogen-bond donors (Lipinski definition) is 1. The van der Waals surface area contributed by atoms with Gasteiger partial charge in [-0.15, -0.1) is 0 Å². The van der Waals surface area contributed by atoms with Gasteiger partial charge in [0.1, 0.15) is 0 Å². The highest BCUT2D eigenvalue weighted by atomic mass is 16.5. The lowest BCUT2D eigenvalue weighted by atomic mass is 9.89. The van der Waals surface area contributed by atoms with Gasteiger partial charge in [0.2, 0.25) is 5.89 Å². The van der Waals surface area contributed by atoms with E-state index in [1.165, 1.54) is 32.1 Å².